The highest BCUT2D eigenvalue weighted by atomic mass is 16.3. The summed E-state index contributed by atoms with van der Waals surface area (Å²) in [4.78, 5) is 14.2. The molecule has 4 nitrogen and oxygen atoms in total. The molecular formula is C13H22N2O2. The third-order valence-electron chi connectivity index (χ3n) is 3.80. The van der Waals surface area contributed by atoms with Crippen LogP contribution in [-0.4, -0.2) is 41.7 Å². The Kier molecular flexibility index (Phi) is 4.18. The molecule has 0 saturated carbocycles. The van der Waals surface area contributed by atoms with Crippen molar-refractivity contribution in [2.75, 3.05) is 19.7 Å². The van der Waals surface area contributed by atoms with E-state index in [1.54, 1.807) is 0 Å². The van der Waals surface area contributed by atoms with Crippen LogP contribution in [0, 0.1) is 11.8 Å². The zero-order chi connectivity index (χ0) is 12.3. The quantitative estimate of drug-likeness (QED) is 0.704. The Morgan fingerprint density at radius 2 is 2.29 bits per heavy atom. The summed E-state index contributed by atoms with van der Waals surface area (Å²) in [7, 11) is 0. The van der Waals surface area contributed by atoms with Crippen molar-refractivity contribution in [1.82, 2.24) is 4.90 Å². The van der Waals surface area contributed by atoms with E-state index in [2.05, 4.69) is 0 Å². The van der Waals surface area contributed by atoms with Gasteiger partial charge in [-0.3, -0.25) is 4.79 Å². The van der Waals surface area contributed by atoms with Crippen molar-refractivity contribution in [2.45, 2.75) is 31.7 Å². The maximum absolute atomic E-state index is 12.3. The Bertz CT molecular complexity index is 302. The SMILES string of the molecule is NC1C=CC(C(=O)N2CCCC(CCO)C2)C1. The lowest BCUT2D eigenvalue weighted by Gasteiger charge is -2.34. The predicted molar refractivity (Wildman–Crippen MR) is 66.2 cm³/mol. The van der Waals surface area contributed by atoms with E-state index in [0.717, 1.165) is 38.8 Å². The highest BCUT2D eigenvalue weighted by Crippen LogP contribution is 2.24. The fourth-order valence-corrected chi connectivity index (χ4v) is 2.83. The number of rotatable bonds is 3. The zero-order valence-electron chi connectivity index (χ0n) is 10.2. The summed E-state index contributed by atoms with van der Waals surface area (Å²) in [5.41, 5.74) is 5.78. The maximum atomic E-state index is 12.3. The molecule has 3 unspecified atom stereocenters. The lowest BCUT2D eigenvalue weighted by Crippen LogP contribution is -2.43. The Labute approximate surface area is 102 Å². The molecule has 3 atom stereocenters. The summed E-state index contributed by atoms with van der Waals surface area (Å²) in [6, 6.07) is 0.0435. The van der Waals surface area contributed by atoms with Crippen LogP contribution in [0.3, 0.4) is 0 Å². The summed E-state index contributed by atoms with van der Waals surface area (Å²) in [6.45, 7) is 1.89. The Hall–Kier alpha value is -0.870. The second-order valence-electron chi connectivity index (χ2n) is 5.20. The number of carbonyl (C=O) groups is 1. The van der Waals surface area contributed by atoms with Gasteiger partial charge in [-0.15, -0.1) is 0 Å². The van der Waals surface area contributed by atoms with Gasteiger partial charge in [0.1, 0.15) is 0 Å². The van der Waals surface area contributed by atoms with Crippen LogP contribution in [0.4, 0.5) is 0 Å². The van der Waals surface area contributed by atoms with Crippen molar-refractivity contribution >= 4 is 5.91 Å². The van der Waals surface area contributed by atoms with Gasteiger partial charge in [0.2, 0.25) is 5.91 Å². The molecule has 0 bridgehead atoms. The van der Waals surface area contributed by atoms with Gasteiger partial charge in [0.15, 0.2) is 0 Å². The molecule has 4 heteroatoms. The van der Waals surface area contributed by atoms with Crippen LogP contribution in [0.15, 0.2) is 12.2 Å². The molecule has 1 aliphatic carbocycles. The van der Waals surface area contributed by atoms with Crippen LogP contribution in [0.2, 0.25) is 0 Å². The fourth-order valence-electron chi connectivity index (χ4n) is 2.83. The average Bonchev–Trinajstić information content (AvgIpc) is 2.76. The van der Waals surface area contributed by atoms with E-state index < -0.39 is 0 Å². The first-order valence-corrected chi connectivity index (χ1v) is 6.54. The van der Waals surface area contributed by atoms with Crippen molar-refractivity contribution in [2.24, 2.45) is 17.6 Å². The second-order valence-corrected chi connectivity index (χ2v) is 5.20. The normalized spacial score (nSPS) is 33.1. The van der Waals surface area contributed by atoms with Gasteiger partial charge in [0.25, 0.3) is 0 Å². The zero-order valence-corrected chi connectivity index (χ0v) is 10.2. The van der Waals surface area contributed by atoms with Crippen LogP contribution in [0.25, 0.3) is 0 Å². The number of aliphatic hydroxyl groups is 1. The Morgan fingerprint density at radius 1 is 1.47 bits per heavy atom. The molecule has 1 fully saturated rings. The number of aliphatic hydroxyl groups excluding tert-OH is 1. The van der Waals surface area contributed by atoms with Gasteiger partial charge in [-0.25, -0.2) is 0 Å². The molecule has 96 valence electrons. The van der Waals surface area contributed by atoms with Crippen molar-refractivity contribution in [3.8, 4) is 0 Å². The summed E-state index contributed by atoms with van der Waals surface area (Å²) in [6.07, 6.45) is 7.62. The van der Waals surface area contributed by atoms with Gasteiger partial charge in [0, 0.05) is 25.7 Å². The summed E-state index contributed by atoms with van der Waals surface area (Å²) < 4.78 is 0. The Morgan fingerprint density at radius 3 is 2.94 bits per heavy atom. The fraction of sp³-hybridized carbons (Fsp3) is 0.769. The molecule has 1 amide bonds. The minimum absolute atomic E-state index is 0.0159. The minimum atomic E-state index is -0.0159. The van der Waals surface area contributed by atoms with Crippen LogP contribution in [-0.2, 0) is 4.79 Å². The molecule has 0 aromatic carbocycles. The molecule has 2 rings (SSSR count). The molecule has 17 heavy (non-hydrogen) atoms. The lowest BCUT2D eigenvalue weighted by molar-refractivity contribution is -0.136. The van der Waals surface area contributed by atoms with Gasteiger partial charge in [-0.05, 0) is 31.6 Å². The number of piperidine rings is 1. The summed E-state index contributed by atoms with van der Waals surface area (Å²) in [5.74, 6) is 0.673. The smallest absolute Gasteiger partial charge is 0.229 e. The van der Waals surface area contributed by atoms with E-state index in [1.165, 1.54) is 0 Å². The minimum Gasteiger partial charge on any atom is -0.396 e. The van der Waals surface area contributed by atoms with Gasteiger partial charge in [-0.1, -0.05) is 12.2 Å². The van der Waals surface area contributed by atoms with Crippen LogP contribution in [0.1, 0.15) is 25.7 Å². The number of nitrogens with two attached hydrogens (primary N) is 1. The highest BCUT2D eigenvalue weighted by Gasteiger charge is 2.30. The van der Waals surface area contributed by atoms with Gasteiger partial charge in [0.05, 0.1) is 5.92 Å². The van der Waals surface area contributed by atoms with Gasteiger partial charge >= 0.3 is 0 Å². The van der Waals surface area contributed by atoms with Crippen molar-refractivity contribution in [3.05, 3.63) is 12.2 Å². The average molecular weight is 238 g/mol. The molecule has 1 heterocycles. The molecule has 3 N–H and O–H groups in total. The maximum Gasteiger partial charge on any atom is 0.229 e. The molecule has 1 saturated heterocycles. The predicted octanol–water partition coefficient (Wildman–Crippen LogP) is 0.511. The largest absolute Gasteiger partial charge is 0.396 e. The molecular weight excluding hydrogens is 216 g/mol. The first-order chi connectivity index (χ1) is 8.20. The standard InChI is InChI=1S/C13H22N2O2/c14-12-4-3-11(8-12)13(17)15-6-1-2-10(9-15)5-7-16/h3-4,10-12,16H,1-2,5-9,14H2. The molecule has 0 aromatic heterocycles. The van der Waals surface area contributed by atoms with E-state index in [0.29, 0.717) is 5.92 Å². The van der Waals surface area contributed by atoms with E-state index >= 15 is 0 Å². The van der Waals surface area contributed by atoms with Crippen LogP contribution in [0.5, 0.6) is 0 Å². The van der Waals surface area contributed by atoms with Crippen molar-refractivity contribution in [1.29, 1.82) is 0 Å². The van der Waals surface area contributed by atoms with Crippen molar-refractivity contribution < 1.29 is 9.90 Å². The topological polar surface area (TPSA) is 66.6 Å². The van der Waals surface area contributed by atoms with E-state index in [9.17, 15) is 4.79 Å². The number of likely N-dealkylation sites (tertiary alicyclic amines) is 1. The lowest BCUT2D eigenvalue weighted by atomic mass is 9.94. The third kappa shape index (κ3) is 3.07. The number of hydrogen-bond acceptors (Lipinski definition) is 3. The van der Waals surface area contributed by atoms with Gasteiger partial charge < -0.3 is 15.7 Å². The monoisotopic (exact) mass is 238 g/mol. The second kappa shape index (κ2) is 5.65. The summed E-state index contributed by atoms with van der Waals surface area (Å²) in [5, 5.41) is 8.96. The van der Waals surface area contributed by atoms with Gasteiger partial charge in [-0.2, -0.15) is 0 Å². The van der Waals surface area contributed by atoms with Crippen LogP contribution >= 0.6 is 0 Å². The molecule has 0 aromatic rings. The van der Waals surface area contributed by atoms with E-state index in [-0.39, 0.29) is 24.5 Å². The highest BCUT2D eigenvalue weighted by molar-refractivity contribution is 5.81. The molecule has 0 spiro atoms. The first kappa shape index (κ1) is 12.6. The van der Waals surface area contributed by atoms with Crippen LogP contribution < -0.4 is 5.73 Å². The molecule has 0 radical (unpaired) electrons. The molecule has 1 aliphatic heterocycles. The number of carbonyl (C=O) groups excluding carboxylic acids is 1. The van der Waals surface area contributed by atoms with Crippen molar-refractivity contribution in [3.63, 3.8) is 0 Å². The number of nitrogens with zero attached hydrogens (tertiary/aromatic N) is 1. The Balaban J connectivity index is 1.88. The first-order valence-electron chi connectivity index (χ1n) is 6.54. The molecule has 2 aliphatic rings. The van der Waals surface area contributed by atoms with E-state index in [4.69, 9.17) is 10.8 Å². The number of amides is 1. The number of hydrogen-bond donors (Lipinski definition) is 2. The third-order valence-corrected chi connectivity index (χ3v) is 3.80. The van der Waals surface area contributed by atoms with E-state index in [1.807, 2.05) is 17.1 Å². The summed E-state index contributed by atoms with van der Waals surface area (Å²) >= 11 is 0.